The lowest BCUT2D eigenvalue weighted by Gasteiger charge is -2.03. The number of rotatable bonds is 0. The minimum atomic E-state index is -3.11. The van der Waals surface area contributed by atoms with Crippen molar-refractivity contribution in [2.75, 3.05) is 0 Å². The Morgan fingerprint density at radius 2 is 0.778 bits per heavy atom. The van der Waals surface area contributed by atoms with E-state index in [0.29, 0.717) is 0 Å². The van der Waals surface area contributed by atoms with Gasteiger partial charge in [-0.1, -0.05) is 0 Å². The maximum atomic E-state index is 8.44. The molecule has 9 heteroatoms. The third-order valence-corrected chi connectivity index (χ3v) is 0. The van der Waals surface area contributed by atoms with Crippen LogP contribution in [0.3, 0.4) is 0 Å². The fraction of sp³-hybridized carbons (Fsp3) is 0. The quantitative estimate of drug-likeness (QED) is 0.325. The summed E-state index contributed by atoms with van der Waals surface area (Å²) >= 11 is -3.11. The van der Waals surface area contributed by atoms with Crippen LogP contribution in [0.4, 0.5) is 0 Å². The molecule has 66 valence electrons. The van der Waals surface area contributed by atoms with Crippen molar-refractivity contribution in [2.24, 2.45) is 0 Å². The predicted octanol–water partition coefficient (Wildman–Crippen LogP) is -5.13. The van der Waals surface area contributed by atoms with E-state index in [1.165, 1.54) is 0 Å². The third kappa shape index (κ3) is 16000. The SMILES string of the molecule is O.O.O.O.O.O=S([O-])[O-]. The van der Waals surface area contributed by atoms with Crippen LogP contribution in [0.15, 0.2) is 0 Å². The first-order valence-electron chi connectivity index (χ1n) is 0.500. The summed E-state index contributed by atoms with van der Waals surface area (Å²) in [7, 11) is 0. The molecule has 0 aromatic heterocycles. The van der Waals surface area contributed by atoms with E-state index < -0.39 is 11.4 Å². The Labute approximate surface area is 53.2 Å². The zero-order valence-electron chi connectivity index (χ0n) is 4.13. The van der Waals surface area contributed by atoms with Gasteiger partial charge in [0.2, 0.25) is 0 Å². The van der Waals surface area contributed by atoms with Gasteiger partial charge in [0.1, 0.15) is 0 Å². The highest BCUT2D eigenvalue weighted by Crippen LogP contribution is 1.42. The van der Waals surface area contributed by atoms with Crippen molar-refractivity contribution in [3.63, 3.8) is 0 Å². The predicted molar refractivity (Wildman–Crippen MR) is 27.8 cm³/mol. The van der Waals surface area contributed by atoms with Crippen molar-refractivity contribution >= 4 is 11.4 Å². The Kier molecular flexibility index (Phi) is 334. The maximum absolute atomic E-state index is 8.44. The van der Waals surface area contributed by atoms with Crippen LogP contribution in [0, 0.1) is 0 Å². The van der Waals surface area contributed by atoms with E-state index in [0.717, 1.165) is 0 Å². The van der Waals surface area contributed by atoms with Gasteiger partial charge < -0.3 is 36.5 Å². The minimum absolute atomic E-state index is 0. The zero-order valence-corrected chi connectivity index (χ0v) is 4.95. The van der Waals surface area contributed by atoms with E-state index in [1.54, 1.807) is 0 Å². The van der Waals surface area contributed by atoms with Gasteiger partial charge in [0.15, 0.2) is 0 Å². The van der Waals surface area contributed by atoms with Gasteiger partial charge in [0, 0.05) is 0 Å². The first kappa shape index (κ1) is 66.7. The van der Waals surface area contributed by atoms with Gasteiger partial charge in [-0.15, -0.1) is 11.4 Å². The molecule has 0 unspecified atom stereocenters. The molecule has 0 saturated carbocycles. The summed E-state index contributed by atoms with van der Waals surface area (Å²) in [6.45, 7) is 0. The van der Waals surface area contributed by atoms with Gasteiger partial charge in [-0.2, -0.15) is 0 Å². The molecule has 0 radical (unpaired) electrons. The van der Waals surface area contributed by atoms with E-state index in [4.69, 9.17) is 13.3 Å². The average molecular weight is 170 g/mol. The molecule has 10 N–H and O–H groups in total. The molecule has 8 nitrogen and oxygen atoms in total. The van der Waals surface area contributed by atoms with Gasteiger partial charge in [-0.25, -0.2) is 0 Å². The van der Waals surface area contributed by atoms with Crippen LogP contribution in [0.1, 0.15) is 0 Å². The molecule has 9 heavy (non-hydrogen) atoms. The lowest BCUT2D eigenvalue weighted by atomic mass is 15.8. The van der Waals surface area contributed by atoms with Crippen LogP contribution in [0.5, 0.6) is 0 Å². The summed E-state index contributed by atoms with van der Waals surface area (Å²) in [6.07, 6.45) is 0. The molecule has 0 bridgehead atoms. The molecule has 0 atom stereocenters. The summed E-state index contributed by atoms with van der Waals surface area (Å²) in [4.78, 5) is 0. The second kappa shape index (κ2) is 45.1. The molecule has 0 rings (SSSR count). The Morgan fingerprint density at radius 3 is 0.778 bits per heavy atom. The fourth-order valence-electron chi connectivity index (χ4n) is 0. The lowest BCUT2D eigenvalue weighted by Crippen LogP contribution is -1.76. The third-order valence-electron chi connectivity index (χ3n) is 0. The molecular weight excluding hydrogens is 160 g/mol. The molecule has 0 saturated heterocycles. The molecule has 0 heterocycles. The molecule has 0 aliphatic rings. The van der Waals surface area contributed by atoms with Crippen LogP contribution in [0.25, 0.3) is 0 Å². The minimum Gasteiger partial charge on any atom is -0.784 e. The maximum Gasteiger partial charge on any atom is -0.142 e. The van der Waals surface area contributed by atoms with Crippen molar-refractivity contribution in [1.82, 2.24) is 0 Å². The highest BCUT2D eigenvalue weighted by atomic mass is 32.2. The normalized spacial score (nSPS) is 3.89. The number of hydrogen-bond donors (Lipinski definition) is 0. The van der Waals surface area contributed by atoms with E-state index in [1.807, 2.05) is 0 Å². The van der Waals surface area contributed by atoms with Crippen LogP contribution < -0.4 is 0 Å². The first-order valence-corrected chi connectivity index (χ1v) is 1.50. The van der Waals surface area contributed by atoms with Crippen LogP contribution >= 0.6 is 0 Å². The Hall–Kier alpha value is -0.130. The number of hydrogen-bond acceptors (Lipinski definition) is 3. The topological polar surface area (TPSA) is 221 Å². The smallest absolute Gasteiger partial charge is 0.142 e. The molecule has 0 amide bonds. The van der Waals surface area contributed by atoms with Gasteiger partial charge >= 0.3 is 0 Å². The Balaban J connectivity index is -0.00000000450. The van der Waals surface area contributed by atoms with E-state index in [9.17, 15) is 0 Å². The summed E-state index contributed by atoms with van der Waals surface area (Å²) < 4.78 is 25.3. The van der Waals surface area contributed by atoms with Gasteiger partial charge in [-0.05, 0) is 0 Å². The molecule has 0 spiro atoms. The average Bonchev–Trinajstić information content (AvgIpc) is 0.811. The standard InChI is InChI=1S/H2O3S.5H2O/c1-4(2)3;;;;;/h(H2,1,2,3);5*1H2/p-2. The van der Waals surface area contributed by atoms with Gasteiger partial charge in [0.25, 0.3) is 0 Å². The second-order valence-electron chi connectivity index (χ2n) is 0.204. The van der Waals surface area contributed by atoms with E-state index in [2.05, 4.69) is 0 Å². The van der Waals surface area contributed by atoms with E-state index >= 15 is 0 Å². The molecular formula is H10O8S-2. The van der Waals surface area contributed by atoms with E-state index in [-0.39, 0.29) is 27.4 Å². The largest absolute Gasteiger partial charge is 0.784 e. The Morgan fingerprint density at radius 1 is 0.778 bits per heavy atom. The summed E-state index contributed by atoms with van der Waals surface area (Å²) in [5, 5.41) is 0. The second-order valence-corrected chi connectivity index (χ2v) is 0.612. The van der Waals surface area contributed by atoms with Crippen LogP contribution in [0.2, 0.25) is 0 Å². The van der Waals surface area contributed by atoms with Crippen molar-refractivity contribution < 1.29 is 40.7 Å². The summed E-state index contributed by atoms with van der Waals surface area (Å²) in [5.74, 6) is 0. The summed E-state index contributed by atoms with van der Waals surface area (Å²) in [6, 6.07) is 0. The first-order chi connectivity index (χ1) is 1.73. The monoisotopic (exact) mass is 170 g/mol. The van der Waals surface area contributed by atoms with Crippen molar-refractivity contribution in [3.8, 4) is 0 Å². The van der Waals surface area contributed by atoms with Crippen molar-refractivity contribution in [3.05, 3.63) is 0 Å². The molecule has 0 fully saturated rings. The fourth-order valence-corrected chi connectivity index (χ4v) is 0. The summed E-state index contributed by atoms with van der Waals surface area (Å²) in [5.41, 5.74) is 0. The van der Waals surface area contributed by atoms with Crippen molar-refractivity contribution in [1.29, 1.82) is 0 Å². The zero-order chi connectivity index (χ0) is 3.58. The van der Waals surface area contributed by atoms with Crippen LogP contribution in [-0.2, 0) is 11.4 Å². The highest BCUT2D eigenvalue weighted by Gasteiger charge is 1.20. The molecule has 0 aliphatic carbocycles. The Bertz CT molecular complexity index is 27.5. The van der Waals surface area contributed by atoms with Gasteiger partial charge in [0.05, 0.1) is 0 Å². The highest BCUT2D eigenvalue weighted by molar-refractivity contribution is 7.72. The van der Waals surface area contributed by atoms with Crippen molar-refractivity contribution in [2.45, 2.75) is 0 Å². The van der Waals surface area contributed by atoms with Crippen LogP contribution in [-0.4, -0.2) is 40.7 Å². The lowest BCUT2D eigenvalue weighted by molar-refractivity contribution is 0.419. The van der Waals surface area contributed by atoms with Gasteiger partial charge in [-0.3, -0.25) is 4.21 Å². The molecule has 0 aromatic rings. The molecule has 0 aliphatic heterocycles. The molecule has 0 aromatic carbocycles.